The molecule has 0 spiro atoms. The zero-order chi connectivity index (χ0) is 38.5. The number of carbonyl (C=O) groups excluding carboxylic acids is 7. The molecule has 3 aromatic rings. The number of urea groups is 1. The van der Waals surface area contributed by atoms with Gasteiger partial charge in [0.1, 0.15) is 29.8 Å². The molecule has 0 bridgehead atoms. The Balaban J connectivity index is 1.24. The number of nitrogens with zero attached hydrogens (tertiary/aromatic N) is 3. The van der Waals surface area contributed by atoms with Crippen LogP contribution in [0.3, 0.4) is 0 Å². The molecule has 0 aromatic heterocycles. The van der Waals surface area contributed by atoms with E-state index in [9.17, 15) is 33.6 Å². The predicted octanol–water partition coefficient (Wildman–Crippen LogP) is 1.79. The third kappa shape index (κ3) is 7.71. The van der Waals surface area contributed by atoms with E-state index in [0.29, 0.717) is 16.8 Å². The molecule has 6 N–H and O–H groups in total. The molecule has 6 rings (SSSR count). The molecule has 7 amide bonds. The Morgan fingerprint density at radius 1 is 0.870 bits per heavy atom. The number of carbonyl (C=O) groups is 7. The smallest absolute Gasteiger partial charge is 0.404 e. The monoisotopic (exact) mass is 755 g/mol. The molecular weight excluding hydrogens is 719 g/mol. The number of hydrogen-bond acceptors (Lipinski definition) is 11. The van der Waals surface area contributed by atoms with Crippen LogP contribution in [0.1, 0.15) is 35.8 Å². The number of ether oxygens (including phenoxy) is 2. The Bertz CT molecular complexity index is 1960. The Morgan fingerprint density at radius 3 is 2.09 bits per heavy atom. The fourth-order valence-electron chi connectivity index (χ4n) is 6.28. The first-order chi connectivity index (χ1) is 26.0. The van der Waals surface area contributed by atoms with Crippen molar-refractivity contribution in [3.8, 4) is 0 Å². The number of fused-ring (bicyclic) bond motifs is 1. The van der Waals surface area contributed by atoms with Gasteiger partial charge in [-0.05, 0) is 35.7 Å². The second kappa shape index (κ2) is 16.1. The number of benzene rings is 3. The van der Waals surface area contributed by atoms with Crippen LogP contribution >= 0.6 is 11.8 Å². The third-order valence-electron chi connectivity index (χ3n) is 9.09. The number of β-lactam (4-membered cyclic amide) rings is 1. The Kier molecular flexibility index (Phi) is 11.2. The lowest BCUT2D eigenvalue weighted by Gasteiger charge is -2.50. The lowest BCUT2D eigenvalue weighted by Crippen LogP contribution is -2.71. The van der Waals surface area contributed by atoms with Gasteiger partial charge in [-0.3, -0.25) is 29.0 Å². The van der Waals surface area contributed by atoms with E-state index in [1.165, 1.54) is 45.8 Å². The Morgan fingerprint density at radius 2 is 1.50 bits per heavy atom. The molecule has 3 aromatic carbocycles. The van der Waals surface area contributed by atoms with E-state index in [4.69, 9.17) is 20.9 Å². The van der Waals surface area contributed by atoms with Crippen molar-refractivity contribution in [2.24, 2.45) is 5.73 Å². The van der Waals surface area contributed by atoms with E-state index in [0.717, 1.165) is 4.90 Å². The van der Waals surface area contributed by atoms with Crippen LogP contribution < -0.4 is 22.1 Å². The number of amides is 7. The van der Waals surface area contributed by atoms with Crippen molar-refractivity contribution < 1.29 is 43.0 Å². The summed E-state index contributed by atoms with van der Waals surface area (Å²) in [7, 11) is 0. The highest BCUT2D eigenvalue weighted by atomic mass is 32.2. The molecule has 0 unspecified atom stereocenters. The van der Waals surface area contributed by atoms with Gasteiger partial charge in [-0.15, -0.1) is 11.8 Å². The fraction of sp³-hybridized carbons (Fsp3) is 0.270. The second-order valence-electron chi connectivity index (χ2n) is 12.5. The third-order valence-corrected chi connectivity index (χ3v) is 10.4. The predicted molar refractivity (Wildman–Crippen MR) is 194 cm³/mol. The minimum absolute atomic E-state index is 0.0858. The van der Waals surface area contributed by atoms with Crippen molar-refractivity contribution in [3.63, 3.8) is 0 Å². The summed E-state index contributed by atoms with van der Waals surface area (Å²) in [6, 6.07) is 20.5. The summed E-state index contributed by atoms with van der Waals surface area (Å²) >= 11 is 1.20. The molecule has 17 heteroatoms. The van der Waals surface area contributed by atoms with Crippen molar-refractivity contribution in [1.29, 1.82) is 0 Å². The van der Waals surface area contributed by atoms with Gasteiger partial charge >= 0.3 is 29.9 Å². The number of rotatable bonds is 11. The largest absolute Gasteiger partial charge is 0.448 e. The number of anilines is 1. The summed E-state index contributed by atoms with van der Waals surface area (Å²) in [6.07, 6.45) is -1.94. The van der Waals surface area contributed by atoms with Crippen LogP contribution in [0.5, 0.6) is 0 Å². The molecule has 3 atom stereocenters. The lowest BCUT2D eigenvalue weighted by atomic mass is 10.00. The molecule has 3 heterocycles. The maximum Gasteiger partial charge on any atom is 0.404 e. The lowest BCUT2D eigenvalue weighted by molar-refractivity contribution is -0.155. The molecule has 54 heavy (non-hydrogen) atoms. The highest BCUT2D eigenvalue weighted by Crippen LogP contribution is 2.42. The standard InChI is InChI=1S/C37H37N7O9S/c1-2-42-17-18-43(33(48)32(42)47)37(51)41-26(21-13-15-25(38)16-14-21)30(45)40-27-31(46)44-28(24(19-52-36(39)50)20-54-34(27)44)35(49)53-29(22-9-5-3-6-10-22)23-11-7-4-8-12-23/h3-16,26-27,29,34H,2,17-20,38H2,1H3,(H2,39,50)(H,40,45)(H,41,51)/t26-,27+,34-/m0/s1. The van der Waals surface area contributed by atoms with Crippen molar-refractivity contribution in [3.05, 3.63) is 113 Å². The number of nitrogens with one attached hydrogen (secondary N) is 2. The quantitative estimate of drug-likeness (QED) is 0.0956. The minimum Gasteiger partial charge on any atom is -0.448 e. The SMILES string of the molecule is CCN1CCN(C(=O)N[C@H](C(=O)N[C@@H]2C(=O)N3C(C(=O)OC(c4ccccc4)c4ccccc4)=C(COC(N)=O)CS[C@@H]23)c2ccc(N)cc2)C(=O)C1=O. The number of primary amides is 1. The van der Waals surface area contributed by atoms with Crippen LogP contribution in [-0.4, -0.2) is 99.8 Å². The first-order valence-corrected chi connectivity index (χ1v) is 18.0. The van der Waals surface area contributed by atoms with Gasteiger partial charge in [0.2, 0.25) is 5.91 Å². The van der Waals surface area contributed by atoms with E-state index >= 15 is 0 Å². The van der Waals surface area contributed by atoms with Crippen LogP contribution in [0.25, 0.3) is 0 Å². The van der Waals surface area contributed by atoms with E-state index in [1.807, 2.05) is 12.1 Å². The summed E-state index contributed by atoms with van der Waals surface area (Å²) in [6.45, 7) is 1.65. The first kappa shape index (κ1) is 37.4. The van der Waals surface area contributed by atoms with Gasteiger partial charge in [0, 0.05) is 36.6 Å². The summed E-state index contributed by atoms with van der Waals surface area (Å²) in [5, 5.41) is 4.42. The number of hydrogen-bond donors (Lipinski definition) is 4. The van der Waals surface area contributed by atoms with E-state index < -0.39 is 65.3 Å². The molecular formula is C37H37N7O9S. The summed E-state index contributed by atoms with van der Waals surface area (Å²) in [4.78, 5) is 95.3. The maximum atomic E-state index is 14.1. The van der Waals surface area contributed by atoms with Gasteiger partial charge in [-0.1, -0.05) is 72.8 Å². The molecule has 2 saturated heterocycles. The molecule has 3 aliphatic heterocycles. The van der Waals surface area contributed by atoms with Crippen LogP contribution in [-0.2, 0) is 33.4 Å². The summed E-state index contributed by atoms with van der Waals surface area (Å²) < 4.78 is 11.1. The van der Waals surface area contributed by atoms with Crippen molar-refractivity contribution in [2.45, 2.75) is 30.5 Å². The van der Waals surface area contributed by atoms with Gasteiger partial charge in [-0.25, -0.2) is 14.4 Å². The second-order valence-corrected chi connectivity index (χ2v) is 13.6. The molecule has 3 aliphatic rings. The number of nitrogens with two attached hydrogens (primary N) is 2. The number of likely N-dealkylation sites (N-methyl/N-ethyl adjacent to an activating group) is 1. The highest BCUT2D eigenvalue weighted by molar-refractivity contribution is 8.00. The first-order valence-electron chi connectivity index (χ1n) is 16.9. The zero-order valence-corrected chi connectivity index (χ0v) is 29.8. The molecule has 280 valence electrons. The van der Waals surface area contributed by atoms with Crippen molar-refractivity contribution >= 4 is 59.2 Å². The fourth-order valence-corrected chi connectivity index (χ4v) is 7.61. The zero-order valence-electron chi connectivity index (χ0n) is 29.0. The van der Waals surface area contributed by atoms with Gasteiger partial charge in [-0.2, -0.15) is 0 Å². The van der Waals surface area contributed by atoms with Crippen LogP contribution in [0.2, 0.25) is 0 Å². The van der Waals surface area contributed by atoms with Crippen LogP contribution in [0, 0.1) is 0 Å². The Hall–Kier alpha value is -6.36. The summed E-state index contributed by atoms with van der Waals surface area (Å²) in [5.74, 6) is -4.11. The van der Waals surface area contributed by atoms with Gasteiger partial charge in [0.25, 0.3) is 5.91 Å². The topological polar surface area (TPSA) is 224 Å². The minimum atomic E-state index is -1.42. The van der Waals surface area contributed by atoms with Gasteiger partial charge in [0.15, 0.2) is 6.10 Å². The van der Waals surface area contributed by atoms with Crippen LogP contribution in [0.4, 0.5) is 15.3 Å². The van der Waals surface area contributed by atoms with E-state index in [-0.39, 0.29) is 48.8 Å². The molecule has 16 nitrogen and oxygen atoms in total. The van der Waals surface area contributed by atoms with Gasteiger partial charge in [0.05, 0.1) is 0 Å². The normalized spacial score (nSPS) is 18.8. The Labute approximate surface area is 313 Å². The number of esters is 1. The van der Waals surface area contributed by atoms with Crippen molar-refractivity contribution in [2.75, 3.05) is 37.7 Å². The summed E-state index contributed by atoms with van der Waals surface area (Å²) in [5.41, 5.74) is 13.2. The van der Waals surface area contributed by atoms with Gasteiger partial charge < -0.3 is 36.5 Å². The number of piperazine rings is 1. The molecule has 0 aliphatic carbocycles. The number of nitrogen functional groups attached to an aromatic ring is 1. The van der Waals surface area contributed by atoms with E-state index in [2.05, 4.69) is 10.6 Å². The molecule has 0 radical (unpaired) electrons. The average Bonchev–Trinajstić information content (AvgIpc) is 3.18. The van der Waals surface area contributed by atoms with E-state index in [1.54, 1.807) is 55.5 Å². The van der Waals surface area contributed by atoms with Crippen LogP contribution in [0.15, 0.2) is 96.2 Å². The number of thioether (sulfide) groups is 1. The maximum absolute atomic E-state index is 14.1. The number of imide groups is 1. The highest BCUT2D eigenvalue weighted by Gasteiger charge is 2.55. The molecule has 2 fully saturated rings. The molecule has 0 saturated carbocycles. The van der Waals surface area contributed by atoms with Crippen molar-refractivity contribution in [1.82, 2.24) is 25.3 Å². The average molecular weight is 756 g/mol.